The molecule has 29 heavy (non-hydrogen) atoms. The van der Waals surface area contributed by atoms with Gasteiger partial charge in [0.1, 0.15) is 5.75 Å². The Bertz CT molecular complexity index is 895. The molecule has 2 aromatic carbocycles. The maximum absolute atomic E-state index is 12.8. The number of ether oxygens (including phenoxy) is 3. The summed E-state index contributed by atoms with van der Waals surface area (Å²) in [5.41, 5.74) is 1.75. The molecule has 7 nitrogen and oxygen atoms in total. The third kappa shape index (κ3) is 4.80. The molecule has 1 aliphatic heterocycles. The minimum atomic E-state index is -1.17. The molecule has 0 radical (unpaired) electrons. The quantitative estimate of drug-likeness (QED) is 0.672. The molecule has 3 rings (SSSR count). The molecule has 1 aliphatic rings. The predicted molar refractivity (Wildman–Crippen MR) is 107 cm³/mol. The molecule has 1 heterocycles. The molecular weight excluding hydrogens is 374 g/mol. The Labute approximate surface area is 169 Å². The van der Waals surface area contributed by atoms with Gasteiger partial charge < -0.3 is 24.6 Å². The number of carbonyl (C=O) groups is 2. The third-order valence-corrected chi connectivity index (χ3v) is 4.54. The summed E-state index contributed by atoms with van der Waals surface area (Å²) < 4.78 is 16.7. The smallest absolute Gasteiger partial charge is 0.330 e. The van der Waals surface area contributed by atoms with Crippen molar-refractivity contribution in [2.45, 2.75) is 32.7 Å². The molecule has 1 unspecified atom stereocenters. The van der Waals surface area contributed by atoms with Crippen molar-refractivity contribution in [3.63, 3.8) is 0 Å². The molecule has 2 N–H and O–H groups in total. The zero-order valence-electron chi connectivity index (χ0n) is 16.6. The standard InChI is InChI=1S/C22H25NO6/c1-3-10-28-18-8-6-16(13-19(18)27-4-2)21(24)23-20(22(25)26)15-5-7-17-14(12-15)9-11-29-17/h5-8,12-13,20H,3-4,9-11H2,1-2H3,(H,23,24)(H,25,26). The van der Waals surface area contributed by atoms with Crippen LogP contribution in [0.15, 0.2) is 36.4 Å². The summed E-state index contributed by atoms with van der Waals surface area (Å²) in [6, 6.07) is 8.84. The van der Waals surface area contributed by atoms with Crippen LogP contribution in [0.4, 0.5) is 0 Å². The summed E-state index contributed by atoms with van der Waals surface area (Å²) in [5, 5.41) is 12.3. The normalized spacial score (nSPS) is 13.2. The lowest BCUT2D eigenvalue weighted by atomic mass is 10.0. The van der Waals surface area contributed by atoms with Crippen LogP contribution < -0.4 is 19.5 Å². The molecule has 0 aromatic heterocycles. The van der Waals surface area contributed by atoms with Gasteiger partial charge in [0.2, 0.25) is 0 Å². The lowest BCUT2D eigenvalue weighted by Crippen LogP contribution is -2.33. The first kappa shape index (κ1) is 20.5. The highest BCUT2D eigenvalue weighted by molar-refractivity contribution is 5.97. The van der Waals surface area contributed by atoms with Crippen LogP contribution in [0, 0.1) is 0 Å². The SMILES string of the molecule is CCCOc1ccc(C(=O)NC(C(=O)O)c2ccc3c(c2)CCO3)cc1OCC. The van der Waals surface area contributed by atoms with Crippen molar-refractivity contribution in [3.05, 3.63) is 53.1 Å². The van der Waals surface area contributed by atoms with Crippen molar-refractivity contribution >= 4 is 11.9 Å². The molecule has 0 bridgehead atoms. The van der Waals surface area contributed by atoms with Crippen LogP contribution in [0.3, 0.4) is 0 Å². The van der Waals surface area contributed by atoms with E-state index in [2.05, 4.69) is 5.32 Å². The van der Waals surface area contributed by atoms with Gasteiger partial charge in [-0.15, -0.1) is 0 Å². The molecule has 0 aliphatic carbocycles. The lowest BCUT2D eigenvalue weighted by molar-refractivity contribution is -0.139. The van der Waals surface area contributed by atoms with Gasteiger partial charge in [0.25, 0.3) is 5.91 Å². The zero-order valence-corrected chi connectivity index (χ0v) is 16.6. The number of carboxylic acid groups (broad SMARTS) is 1. The Kier molecular flexibility index (Phi) is 6.59. The summed E-state index contributed by atoms with van der Waals surface area (Å²) in [5.74, 6) is 0.129. The Morgan fingerprint density at radius 3 is 2.69 bits per heavy atom. The Morgan fingerprint density at radius 2 is 1.97 bits per heavy atom. The van der Waals surface area contributed by atoms with Crippen LogP contribution in [-0.4, -0.2) is 36.8 Å². The second kappa shape index (κ2) is 9.32. The summed E-state index contributed by atoms with van der Waals surface area (Å²) >= 11 is 0. The predicted octanol–water partition coefficient (Wildman–Crippen LogP) is 3.36. The van der Waals surface area contributed by atoms with Crippen LogP contribution in [-0.2, 0) is 11.2 Å². The fraction of sp³-hybridized carbons (Fsp3) is 0.364. The highest BCUT2D eigenvalue weighted by Crippen LogP contribution is 2.30. The van der Waals surface area contributed by atoms with Crippen molar-refractivity contribution in [2.24, 2.45) is 0 Å². The van der Waals surface area contributed by atoms with E-state index in [1.165, 1.54) is 0 Å². The minimum Gasteiger partial charge on any atom is -0.493 e. The van der Waals surface area contributed by atoms with E-state index in [0.29, 0.717) is 42.4 Å². The number of amides is 1. The number of carboxylic acids is 1. The Balaban J connectivity index is 1.81. The minimum absolute atomic E-state index is 0.299. The third-order valence-electron chi connectivity index (χ3n) is 4.54. The van der Waals surface area contributed by atoms with Gasteiger partial charge >= 0.3 is 5.97 Å². The molecule has 7 heteroatoms. The molecule has 154 valence electrons. The molecule has 1 amide bonds. The van der Waals surface area contributed by atoms with Crippen LogP contribution in [0.5, 0.6) is 17.2 Å². The molecule has 1 atom stereocenters. The van der Waals surface area contributed by atoms with E-state index in [1.54, 1.807) is 36.4 Å². The van der Waals surface area contributed by atoms with Gasteiger partial charge in [0.05, 0.1) is 19.8 Å². The van der Waals surface area contributed by atoms with E-state index in [4.69, 9.17) is 14.2 Å². The fourth-order valence-electron chi connectivity index (χ4n) is 3.14. The second-order valence-corrected chi connectivity index (χ2v) is 6.65. The number of hydrogen-bond acceptors (Lipinski definition) is 5. The van der Waals surface area contributed by atoms with Crippen LogP contribution in [0.25, 0.3) is 0 Å². The number of benzene rings is 2. The maximum atomic E-state index is 12.8. The van der Waals surface area contributed by atoms with E-state index >= 15 is 0 Å². The van der Waals surface area contributed by atoms with Crippen LogP contribution in [0.1, 0.15) is 47.8 Å². The van der Waals surface area contributed by atoms with Crippen LogP contribution >= 0.6 is 0 Å². The van der Waals surface area contributed by atoms with Gasteiger partial charge in [0.15, 0.2) is 17.5 Å². The largest absolute Gasteiger partial charge is 0.493 e. The monoisotopic (exact) mass is 399 g/mol. The summed E-state index contributed by atoms with van der Waals surface area (Å²) in [7, 11) is 0. The number of hydrogen-bond donors (Lipinski definition) is 2. The van der Waals surface area contributed by atoms with E-state index in [0.717, 1.165) is 24.2 Å². The van der Waals surface area contributed by atoms with Crippen molar-refractivity contribution in [1.82, 2.24) is 5.32 Å². The summed E-state index contributed by atoms with van der Waals surface area (Å²) in [6.07, 6.45) is 1.57. The average Bonchev–Trinajstić information content (AvgIpc) is 3.18. The van der Waals surface area contributed by atoms with Gasteiger partial charge in [-0.1, -0.05) is 13.0 Å². The van der Waals surface area contributed by atoms with E-state index < -0.39 is 17.9 Å². The molecule has 0 saturated heterocycles. The number of carbonyl (C=O) groups excluding carboxylic acids is 1. The summed E-state index contributed by atoms with van der Waals surface area (Å²) in [6.45, 7) is 5.38. The Hall–Kier alpha value is -3.22. The highest BCUT2D eigenvalue weighted by Gasteiger charge is 2.25. The van der Waals surface area contributed by atoms with Gasteiger partial charge in [-0.05, 0) is 54.8 Å². The molecule has 0 fully saturated rings. The lowest BCUT2D eigenvalue weighted by Gasteiger charge is -2.17. The van der Waals surface area contributed by atoms with Gasteiger partial charge in [-0.25, -0.2) is 4.79 Å². The van der Waals surface area contributed by atoms with Crippen molar-refractivity contribution in [3.8, 4) is 17.2 Å². The van der Waals surface area contributed by atoms with Crippen molar-refractivity contribution in [1.29, 1.82) is 0 Å². The maximum Gasteiger partial charge on any atom is 0.330 e. The number of nitrogens with one attached hydrogen (secondary N) is 1. The highest BCUT2D eigenvalue weighted by atomic mass is 16.5. The van der Waals surface area contributed by atoms with Gasteiger partial charge in [-0.2, -0.15) is 0 Å². The van der Waals surface area contributed by atoms with Crippen LogP contribution in [0.2, 0.25) is 0 Å². The number of rotatable bonds is 9. The molecule has 0 spiro atoms. The van der Waals surface area contributed by atoms with Gasteiger partial charge in [-0.3, -0.25) is 4.79 Å². The first-order chi connectivity index (χ1) is 14.0. The van der Waals surface area contributed by atoms with Crippen molar-refractivity contribution in [2.75, 3.05) is 19.8 Å². The zero-order chi connectivity index (χ0) is 20.8. The molecular formula is C22H25NO6. The second-order valence-electron chi connectivity index (χ2n) is 6.65. The molecule has 2 aromatic rings. The van der Waals surface area contributed by atoms with E-state index in [9.17, 15) is 14.7 Å². The topological polar surface area (TPSA) is 94.1 Å². The van der Waals surface area contributed by atoms with Gasteiger partial charge in [0, 0.05) is 12.0 Å². The van der Waals surface area contributed by atoms with E-state index in [1.807, 2.05) is 13.8 Å². The summed E-state index contributed by atoms with van der Waals surface area (Å²) in [4.78, 5) is 24.6. The first-order valence-corrected chi connectivity index (χ1v) is 9.72. The van der Waals surface area contributed by atoms with E-state index in [-0.39, 0.29) is 0 Å². The first-order valence-electron chi connectivity index (χ1n) is 9.72. The van der Waals surface area contributed by atoms with Crippen molar-refractivity contribution < 1.29 is 28.9 Å². The Morgan fingerprint density at radius 1 is 1.14 bits per heavy atom. The number of aliphatic carboxylic acids is 1. The average molecular weight is 399 g/mol. The molecule has 0 saturated carbocycles. The number of fused-ring (bicyclic) bond motifs is 1. The fourth-order valence-corrected chi connectivity index (χ4v) is 3.14.